The third-order valence-corrected chi connectivity index (χ3v) is 5.93. The van der Waals surface area contributed by atoms with Crippen LogP contribution in [0.2, 0.25) is 0 Å². The van der Waals surface area contributed by atoms with Crippen molar-refractivity contribution in [2.45, 2.75) is 13.2 Å². The van der Waals surface area contributed by atoms with Crippen LogP contribution in [0.5, 0.6) is 0 Å². The number of benzene rings is 2. The van der Waals surface area contributed by atoms with Gasteiger partial charge in [0.05, 0.1) is 37.8 Å². The summed E-state index contributed by atoms with van der Waals surface area (Å²) in [6.45, 7) is 8.00. The van der Waals surface area contributed by atoms with Crippen LogP contribution < -0.4 is 0 Å². The van der Waals surface area contributed by atoms with Gasteiger partial charge in [0.15, 0.2) is 5.82 Å². The molecule has 2 fully saturated rings. The summed E-state index contributed by atoms with van der Waals surface area (Å²) in [7, 11) is 0. The van der Waals surface area contributed by atoms with E-state index in [1.54, 1.807) is 0 Å². The molecule has 2 aromatic carbocycles. The monoisotopic (exact) mass is 419 g/mol. The van der Waals surface area contributed by atoms with Crippen molar-refractivity contribution in [3.05, 3.63) is 66.5 Å². The van der Waals surface area contributed by atoms with E-state index in [1.807, 2.05) is 36.4 Å². The van der Waals surface area contributed by atoms with Crippen LogP contribution in [-0.4, -0.2) is 60.9 Å². The molecule has 0 saturated carbocycles. The summed E-state index contributed by atoms with van der Waals surface area (Å²) >= 11 is 0. The van der Waals surface area contributed by atoms with Crippen LogP contribution in [0.25, 0.3) is 22.5 Å². The summed E-state index contributed by atoms with van der Waals surface area (Å²) in [6, 6.07) is 20.5. The van der Waals surface area contributed by atoms with Gasteiger partial charge in [-0.15, -0.1) is 0 Å². The van der Waals surface area contributed by atoms with E-state index in [0.29, 0.717) is 19.0 Å². The first-order valence-corrected chi connectivity index (χ1v) is 10.9. The first kappa shape index (κ1) is 20.4. The highest BCUT2D eigenvalue weighted by Crippen LogP contribution is 2.36. The largest absolute Gasteiger partial charge is 0.379 e. The number of imidazole rings is 1. The lowest BCUT2D eigenvalue weighted by Gasteiger charge is -2.40. The highest BCUT2D eigenvalue weighted by atomic mass is 16.7. The highest BCUT2D eigenvalue weighted by molar-refractivity contribution is 5.78. The van der Waals surface area contributed by atoms with Crippen LogP contribution in [0, 0.1) is 5.41 Å². The summed E-state index contributed by atoms with van der Waals surface area (Å²) in [5, 5.41) is 0. The van der Waals surface area contributed by atoms with Crippen molar-refractivity contribution in [3.8, 4) is 22.5 Å². The van der Waals surface area contributed by atoms with E-state index in [9.17, 15) is 0 Å². The van der Waals surface area contributed by atoms with Crippen molar-refractivity contribution < 1.29 is 14.2 Å². The van der Waals surface area contributed by atoms with Crippen molar-refractivity contribution in [2.75, 3.05) is 46.1 Å². The second-order valence-electron chi connectivity index (χ2n) is 8.73. The van der Waals surface area contributed by atoms with Crippen molar-refractivity contribution in [1.29, 1.82) is 0 Å². The minimum absolute atomic E-state index is 0.0368. The van der Waals surface area contributed by atoms with E-state index in [-0.39, 0.29) is 5.41 Å². The zero-order chi connectivity index (χ0) is 21.1. The van der Waals surface area contributed by atoms with Gasteiger partial charge in [0.1, 0.15) is 0 Å². The van der Waals surface area contributed by atoms with Gasteiger partial charge in [-0.25, -0.2) is 4.98 Å². The van der Waals surface area contributed by atoms with Crippen molar-refractivity contribution in [2.24, 2.45) is 5.41 Å². The molecule has 0 aliphatic carbocycles. The van der Waals surface area contributed by atoms with Gasteiger partial charge in [-0.3, -0.25) is 4.90 Å². The van der Waals surface area contributed by atoms with Gasteiger partial charge >= 0.3 is 0 Å². The summed E-state index contributed by atoms with van der Waals surface area (Å²) in [4.78, 5) is 10.8. The molecular weight excluding hydrogens is 390 g/mol. The fourth-order valence-electron chi connectivity index (χ4n) is 4.31. The second-order valence-corrected chi connectivity index (χ2v) is 8.73. The van der Waals surface area contributed by atoms with E-state index < -0.39 is 6.29 Å². The summed E-state index contributed by atoms with van der Waals surface area (Å²) < 4.78 is 17.8. The van der Waals surface area contributed by atoms with Crippen LogP contribution in [0.1, 0.15) is 19.0 Å². The van der Waals surface area contributed by atoms with E-state index in [2.05, 4.69) is 41.1 Å². The number of H-pyrrole nitrogens is 1. The quantitative estimate of drug-likeness (QED) is 0.674. The average molecular weight is 420 g/mol. The van der Waals surface area contributed by atoms with Crippen LogP contribution >= 0.6 is 0 Å². The molecule has 6 heteroatoms. The van der Waals surface area contributed by atoms with Gasteiger partial charge in [-0.05, 0) is 0 Å². The van der Waals surface area contributed by atoms with Crippen LogP contribution in [0.4, 0.5) is 0 Å². The average Bonchev–Trinajstić information content (AvgIpc) is 3.27. The molecule has 31 heavy (non-hydrogen) atoms. The van der Waals surface area contributed by atoms with Gasteiger partial charge in [0.2, 0.25) is 6.29 Å². The molecule has 0 amide bonds. The lowest BCUT2D eigenvalue weighted by atomic mass is 9.91. The molecule has 6 nitrogen and oxygen atoms in total. The predicted octanol–water partition coefficient (Wildman–Crippen LogP) is 4.13. The van der Waals surface area contributed by atoms with Gasteiger partial charge < -0.3 is 19.2 Å². The molecule has 2 saturated heterocycles. The number of aromatic nitrogens is 2. The third kappa shape index (κ3) is 4.57. The standard InChI is InChI=1S/C25H29N3O3/c1-25(16-28-12-14-29-15-13-28)17-30-24(31-18-25)23-26-21(19-8-4-2-5-9-19)22(27-23)20-10-6-3-7-11-20/h2-11,24H,12-18H2,1H3,(H,26,27). The topological polar surface area (TPSA) is 59.6 Å². The fourth-order valence-corrected chi connectivity index (χ4v) is 4.31. The SMILES string of the molecule is CC1(CN2CCOCC2)COC(c2nc(-c3ccccc3)c(-c3ccccc3)[nH]2)OC1. The minimum atomic E-state index is -0.488. The number of nitrogens with one attached hydrogen (secondary N) is 1. The molecule has 1 aromatic heterocycles. The van der Waals surface area contributed by atoms with Crippen LogP contribution in [0.15, 0.2) is 60.7 Å². The van der Waals surface area contributed by atoms with E-state index in [1.165, 1.54) is 0 Å². The molecule has 3 heterocycles. The van der Waals surface area contributed by atoms with E-state index >= 15 is 0 Å². The Morgan fingerprint density at radius 1 is 0.935 bits per heavy atom. The molecule has 1 N–H and O–H groups in total. The number of ether oxygens (including phenoxy) is 3. The molecule has 0 unspecified atom stereocenters. The molecule has 5 rings (SSSR count). The maximum atomic E-state index is 6.19. The minimum Gasteiger partial charge on any atom is -0.379 e. The third-order valence-electron chi connectivity index (χ3n) is 5.93. The molecule has 3 aromatic rings. The Hall–Kier alpha value is -2.51. The zero-order valence-corrected chi connectivity index (χ0v) is 17.9. The normalized spacial score (nSPS) is 24.9. The first-order chi connectivity index (χ1) is 15.2. The first-order valence-electron chi connectivity index (χ1n) is 10.9. The Balaban J connectivity index is 1.36. The summed E-state index contributed by atoms with van der Waals surface area (Å²) in [5.74, 6) is 0.714. The fraction of sp³-hybridized carbons (Fsp3) is 0.400. The Bertz CT molecular complexity index is 919. The number of hydrogen-bond donors (Lipinski definition) is 1. The van der Waals surface area contributed by atoms with Crippen LogP contribution in [-0.2, 0) is 14.2 Å². The molecule has 0 spiro atoms. The molecule has 0 bridgehead atoms. The maximum Gasteiger partial charge on any atom is 0.217 e. The zero-order valence-electron chi connectivity index (χ0n) is 17.9. The summed E-state index contributed by atoms with van der Waals surface area (Å²) in [6.07, 6.45) is -0.488. The van der Waals surface area contributed by atoms with Gasteiger partial charge in [0.25, 0.3) is 0 Å². The molecular formula is C25H29N3O3. The lowest BCUT2D eigenvalue weighted by molar-refractivity contribution is -0.237. The number of aromatic amines is 1. The van der Waals surface area contributed by atoms with Crippen LogP contribution in [0.3, 0.4) is 0 Å². The van der Waals surface area contributed by atoms with E-state index in [0.717, 1.165) is 55.4 Å². The Morgan fingerprint density at radius 2 is 1.55 bits per heavy atom. The number of nitrogens with zero attached hydrogens (tertiary/aromatic N) is 2. The second kappa shape index (κ2) is 8.93. The van der Waals surface area contributed by atoms with E-state index in [4.69, 9.17) is 19.2 Å². The molecule has 0 radical (unpaired) electrons. The Labute approximate surface area is 183 Å². The van der Waals surface area contributed by atoms with Gasteiger partial charge in [-0.1, -0.05) is 67.6 Å². The Morgan fingerprint density at radius 3 is 2.19 bits per heavy atom. The predicted molar refractivity (Wildman–Crippen MR) is 119 cm³/mol. The molecule has 2 aliphatic heterocycles. The van der Waals surface area contributed by atoms with Crippen molar-refractivity contribution in [1.82, 2.24) is 14.9 Å². The molecule has 2 aliphatic rings. The lowest BCUT2D eigenvalue weighted by Crippen LogP contribution is -2.48. The highest BCUT2D eigenvalue weighted by Gasteiger charge is 2.36. The summed E-state index contributed by atoms with van der Waals surface area (Å²) in [5.41, 5.74) is 4.02. The number of morpholine rings is 1. The van der Waals surface area contributed by atoms with Gasteiger partial charge in [-0.2, -0.15) is 0 Å². The number of hydrogen-bond acceptors (Lipinski definition) is 5. The van der Waals surface area contributed by atoms with Crippen molar-refractivity contribution >= 4 is 0 Å². The molecule has 162 valence electrons. The number of rotatable bonds is 5. The molecule has 0 atom stereocenters. The maximum absolute atomic E-state index is 6.19. The Kier molecular flexibility index (Phi) is 5.87. The smallest absolute Gasteiger partial charge is 0.217 e. The van der Waals surface area contributed by atoms with Crippen molar-refractivity contribution in [3.63, 3.8) is 0 Å². The van der Waals surface area contributed by atoms with Gasteiger partial charge in [0, 0.05) is 36.2 Å².